The van der Waals surface area contributed by atoms with Gasteiger partial charge in [0.25, 0.3) is 0 Å². The molecule has 0 heterocycles. The molecule has 0 saturated carbocycles. The minimum atomic E-state index is 0.457. The molecule has 96 valence electrons. The van der Waals surface area contributed by atoms with Crippen LogP contribution in [0.4, 0.5) is 0 Å². The van der Waals surface area contributed by atoms with Crippen LogP contribution in [0, 0.1) is 6.92 Å². The second-order valence-electron chi connectivity index (χ2n) is 5.07. The highest BCUT2D eigenvalue weighted by Gasteiger charge is 2.11. The molecular weight excluding hydrogens is 206 g/mol. The third-order valence-corrected chi connectivity index (χ3v) is 3.34. The first-order chi connectivity index (χ1) is 8.17. The Bertz CT molecular complexity index is 296. The molecule has 1 aromatic rings. The SMILES string of the molecule is CCCC(CCC)NC(C)c1ccc(C)cc1. The van der Waals surface area contributed by atoms with Gasteiger partial charge in [-0.05, 0) is 32.3 Å². The Morgan fingerprint density at radius 1 is 1.00 bits per heavy atom. The first kappa shape index (κ1) is 14.2. The van der Waals surface area contributed by atoms with Crippen molar-refractivity contribution in [2.45, 2.75) is 65.5 Å². The van der Waals surface area contributed by atoms with Crippen LogP contribution in [0.15, 0.2) is 24.3 Å². The summed E-state index contributed by atoms with van der Waals surface area (Å²) in [5, 5.41) is 3.75. The fraction of sp³-hybridized carbons (Fsp3) is 0.625. The average Bonchev–Trinajstić information content (AvgIpc) is 2.30. The number of rotatable bonds is 7. The van der Waals surface area contributed by atoms with Gasteiger partial charge in [0.2, 0.25) is 0 Å². The van der Waals surface area contributed by atoms with Crippen molar-refractivity contribution >= 4 is 0 Å². The van der Waals surface area contributed by atoms with Crippen molar-refractivity contribution in [3.63, 3.8) is 0 Å². The minimum Gasteiger partial charge on any atom is -0.307 e. The molecule has 0 bridgehead atoms. The van der Waals surface area contributed by atoms with Crippen molar-refractivity contribution < 1.29 is 0 Å². The van der Waals surface area contributed by atoms with Gasteiger partial charge in [0, 0.05) is 12.1 Å². The Hall–Kier alpha value is -0.820. The molecule has 0 aliphatic rings. The quantitative estimate of drug-likeness (QED) is 0.725. The smallest absolute Gasteiger partial charge is 0.0294 e. The van der Waals surface area contributed by atoms with E-state index >= 15 is 0 Å². The van der Waals surface area contributed by atoms with E-state index in [9.17, 15) is 0 Å². The van der Waals surface area contributed by atoms with E-state index in [0.29, 0.717) is 12.1 Å². The normalized spacial score (nSPS) is 13.0. The molecule has 0 aromatic heterocycles. The van der Waals surface area contributed by atoms with Gasteiger partial charge in [-0.1, -0.05) is 56.5 Å². The Kier molecular flexibility index (Phi) is 6.28. The van der Waals surface area contributed by atoms with Crippen LogP contribution >= 0.6 is 0 Å². The summed E-state index contributed by atoms with van der Waals surface area (Å²) >= 11 is 0. The van der Waals surface area contributed by atoms with Crippen molar-refractivity contribution in [2.75, 3.05) is 0 Å². The Morgan fingerprint density at radius 2 is 1.53 bits per heavy atom. The highest BCUT2D eigenvalue weighted by Crippen LogP contribution is 2.16. The summed E-state index contributed by atoms with van der Waals surface area (Å²) in [6.07, 6.45) is 5.09. The van der Waals surface area contributed by atoms with Crippen molar-refractivity contribution in [3.8, 4) is 0 Å². The van der Waals surface area contributed by atoms with E-state index in [-0.39, 0.29) is 0 Å². The third kappa shape index (κ3) is 4.91. The summed E-state index contributed by atoms with van der Waals surface area (Å²) < 4.78 is 0. The zero-order valence-corrected chi connectivity index (χ0v) is 11.8. The van der Waals surface area contributed by atoms with Crippen molar-refractivity contribution in [1.82, 2.24) is 5.32 Å². The topological polar surface area (TPSA) is 12.0 Å². The van der Waals surface area contributed by atoms with Gasteiger partial charge in [-0.3, -0.25) is 0 Å². The second-order valence-corrected chi connectivity index (χ2v) is 5.07. The Labute approximate surface area is 107 Å². The Morgan fingerprint density at radius 3 is 2.00 bits per heavy atom. The minimum absolute atomic E-state index is 0.457. The number of hydrogen-bond donors (Lipinski definition) is 1. The van der Waals surface area contributed by atoms with Gasteiger partial charge in [-0.15, -0.1) is 0 Å². The summed E-state index contributed by atoms with van der Waals surface area (Å²) in [7, 11) is 0. The lowest BCUT2D eigenvalue weighted by Gasteiger charge is -2.23. The lowest BCUT2D eigenvalue weighted by atomic mass is 10.0. The van der Waals surface area contributed by atoms with Crippen LogP contribution in [-0.4, -0.2) is 6.04 Å². The summed E-state index contributed by atoms with van der Waals surface area (Å²) in [5.41, 5.74) is 2.73. The summed E-state index contributed by atoms with van der Waals surface area (Å²) in [5.74, 6) is 0. The molecule has 0 saturated heterocycles. The highest BCUT2D eigenvalue weighted by atomic mass is 14.9. The third-order valence-electron chi connectivity index (χ3n) is 3.34. The van der Waals surface area contributed by atoms with E-state index in [1.165, 1.54) is 36.8 Å². The van der Waals surface area contributed by atoms with Crippen LogP contribution in [0.2, 0.25) is 0 Å². The zero-order chi connectivity index (χ0) is 12.7. The van der Waals surface area contributed by atoms with Crippen LogP contribution in [0.1, 0.15) is 63.6 Å². The average molecular weight is 233 g/mol. The molecule has 0 aliphatic heterocycles. The van der Waals surface area contributed by atoms with Gasteiger partial charge in [0.05, 0.1) is 0 Å². The first-order valence-corrected chi connectivity index (χ1v) is 7.00. The molecule has 0 fully saturated rings. The molecule has 1 heteroatoms. The molecule has 1 rings (SSSR count). The standard InChI is InChI=1S/C16H27N/c1-5-7-16(8-6-2)17-14(4)15-11-9-13(3)10-12-15/h9-12,14,16-17H,5-8H2,1-4H3. The van der Waals surface area contributed by atoms with Crippen LogP contribution in [0.25, 0.3) is 0 Å². The first-order valence-electron chi connectivity index (χ1n) is 7.00. The molecule has 17 heavy (non-hydrogen) atoms. The van der Waals surface area contributed by atoms with Gasteiger partial charge in [0.15, 0.2) is 0 Å². The van der Waals surface area contributed by atoms with E-state index < -0.39 is 0 Å². The number of benzene rings is 1. The van der Waals surface area contributed by atoms with Crippen molar-refractivity contribution in [3.05, 3.63) is 35.4 Å². The van der Waals surface area contributed by atoms with Crippen molar-refractivity contribution in [2.24, 2.45) is 0 Å². The maximum absolute atomic E-state index is 3.75. The molecule has 1 unspecified atom stereocenters. The highest BCUT2D eigenvalue weighted by molar-refractivity contribution is 5.23. The van der Waals surface area contributed by atoms with Crippen LogP contribution in [-0.2, 0) is 0 Å². The summed E-state index contributed by atoms with van der Waals surface area (Å²) in [4.78, 5) is 0. The van der Waals surface area contributed by atoms with Gasteiger partial charge in [-0.25, -0.2) is 0 Å². The molecule has 1 N–H and O–H groups in total. The number of hydrogen-bond acceptors (Lipinski definition) is 1. The maximum Gasteiger partial charge on any atom is 0.0294 e. The summed E-state index contributed by atoms with van der Waals surface area (Å²) in [6, 6.07) is 9.99. The monoisotopic (exact) mass is 233 g/mol. The van der Waals surface area contributed by atoms with Gasteiger partial charge < -0.3 is 5.32 Å². The van der Waals surface area contributed by atoms with E-state index in [0.717, 1.165) is 0 Å². The van der Waals surface area contributed by atoms with Crippen LogP contribution in [0.5, 0.6) is 0 Å². The number of nitrogens with one attached hydrogen (secondary N) is 1. The second kappa shape index (κ2) is 7.50. The summed E-state index contributed by atoms with van der Waals surface area (Å²) in [6.45, 7) is 8.93. The van der Waals surface area contributed by atoms with Crippen LogP contribution in [0.3, 0.4) is 0 Å². The molecule has 1 atom stereocenters. The van der Waals surface area contributed by atoms with Gasteiger partial charge in [-0.2, -0.15) is 0 Å². The molecule has 0 radical (unpaired) electrons. The van der Waals surface area contributed by atoms with Crippen LogP contribution < -0.4 is 5.32 Å². The predicted octanol–water partition coefficient (Wildman–Crippen LogP) is 4.61. The maximum atomic E-state index is 3.75. The Balaban J connectivity index is 2.56. The van der Waals surface area contributed by atoms with Crippen molar-refractivity contribution in [1.29, 1.82) is 0 Å². The van der Waals surface area contributed by atoms with Gasteiger partial charge in [0.1, 0.15) is 0 Å². The van der Waals surface area contributed by atoms with E-state index in [1.54, 1.807) is 0 Å². The van der Waals surface area contributed by atoms with E-state index in [1.807, 2.05) is 0 Å². The lowest BCUT2D eigenvalue weighted by Crippen LogP contribution is -2.31. The molecular formula is C16H27N. The molecule has 1 nitrogen and oxygen atoms in total. The van der Waals surface area contributed by atoms with E-state index in [4.69, 9.17) is 0 Å². The molecule has 0 aliphatic carbocycles. The largest absolute Gasteiger partial charge is 0.307 e. The predicted molar refractivity (Wildman–Crippen MR) is 76.3 cm³/mol. The fourth-order valence-electron chi connectivity index (χ4n) is 2.31. The molecule has 0 spiro atoms. The lowest BCUT2D eigenvalue weighted by molar-refractivity contribution is 0.402. The molecule has 0 amide bonds. The number of aryl methyl sites for hydroxylation is 1. The fourth-order valence-corrected chi connectivity index (χ4v) is 2.31. The van der Waals surface area contributed by atoms with E-state index in [2.05, 4.69) is 57.3 Å². The zero-order valence-electron chi connectivity index (χ0n) is 11.8. The molecule has 1 aromatic carbocycles. The van der Waals surface area contributed by atoms with Gasteiger partial charge >= 0.3 is 0 Å².